The zero-order valence-corrected chi connectivity index (χ0v) is 15.1. The molecule has 0 aliphatic rings. The fraction of sp³-hybridized carbons (Fsp3) is 0.200. The molecule has 1 N–H and O–H groups in total. The number of hydrogen-bond donors (Lipinski definition) is 1. The van der Waals surface area contributed by atoms with Gasteiger partial charge in [0.25, 0.3) is 5.91 Å². The zero-order valence-electron chi connectivity index (χ0n) is 14.3. The maximum absolute atomic E-state index is 12.7. The fourth-order valence-corrected chi connectivity index (χ4v) is 3.08. The van der Waals surface area contributed by atoms with Gasteiger partial charge in [0.15, 0.2) is 0 Å². The van der Waals surface area contributed by atoms with Crippen molar-refractivity contribution in [3.63, 3.8) is 0 Å². The van der Waals surface area contributed by atoms with Crippen LogP contribution in [0.25, 0.3) is 10.9 Å². The smallest absolute Gasteiger partial charge is 0.254 e. The lowest BCUT2D eigenvalue weighted by Gasteiger charge is -2.17. The molecule has 0 saturated heterocycles. The van der Waals surface area contributed by atoms with E-state index in [9.17, 15) is 4.79 Å². The average Bonchev–Trinajstić information content (AvgIpc) is 2.61. The highest BCUT2D eigenvalue weighted by atomic mass is 35.5. The molecule has 3 aromatic rings. The minimum absolute atomic E-state index is 0.200. The highest BCUT2D eigenvalue weighted by molar-refractivity contribution is 6.33. The first-order chi connectivity index (χ1) is 12.0. The molecule has 0 bridgehead atoms. The standard InChI is InChI=1S/C20H19ClN2O2/c1-12-7-6-8-14-11-16(19(21)23-18(12)14)20(24)22-13(2)15-9-4-5-10-17(15)25-3/h4-11,13H,1-3H3,(H,22,24)/t13-/m0/s1. The Morgan fingerprint density at radius 1 is 1.20 bits per heavy atom. The van der Waals surface area contributed by atoms with Gasteiger partial charge in [-0.3, -0.25) is 4.79 Å². The number of rotatable bonds is 4. The fourth-order valence-electron chi connectivity index (χ4n) is 2.86. The third kappa shape index (κ3) is 3.44. The second-order valence-electron chi connectivity index (χ2n) is 5.91. The molecule has 128 valence electrons. The lowest BCUT2D eigenvalue weighted by molar-refractivity contribution is 0.0939. The summed E-state index contributed by atoms with van der Waals surface area (Å²) in [6.07, 6.45) is 0. The van der Waals surface area contributed by atoms with Gasteiger partial charge in [-0.1, -0.05) is 48.0 Å². The van der Waals surface area contributed by atoms with Gasteiger partial charge >= 0.3 is 0 Å². The first-order valence-corrected chi connectivity index (χ1v) is 8.38. The molecule has 1 atom stereocenters. The van der Waals surface area contributed by atoms with Crippen LogP contribution in [0.15, 0.2) is 48.5 Å². The topological polar surface area (TPSA) is 51.2 Å². The zero-order chi connectivity index (χ0) is 18.0. The lowest BCUT2D eigenvalue weighted by atomic mass is 10.1. The molecule has 1 aromatic heterocycles. The van der Waals surface area contributed by atoms with Crippen LogP contribution in [0.4, 0.5) is 0 Å². The van der Waals surface area contributed by atoms with Gasteiger partial charge in [-0.05, 0) is 31.5 Å². The third-order valence-corrected chi connectivity index (χ3v) is 4.49. The van der Waals surface area contributed by atoms with Crippen molar-refractivity contribution < 1.29 is 9.53 Å². The first kappa shape index (κ1) is 17.2. The van der Waals surface area contributed by atoms with Gasteiger partial charge in [0, 0.05) is 10.9 Å². The Morgan fingerprint density at radius 3 is 2.72 bits per heavy atom. The molecule has 0 fully saturated rings. The molecule has 0 aliphatic carbocycles. The molecule has 0 spiro atoms. The van der Waals surface area contributed by atoms with Crippen molar-refractivity contribution in [3.8, 4) is 5.75 Å². The van der Waals surface area contributed by atoms with Crippen LogP contribution in [0.3, 0.4) is 0 Å². The maximum atomic E-state index is 12.7. The Morgan fingerprint density at radius 2 is 1.96 bits per heavy atom. The van der Waals surface area contributed by atoms with Crippen LogP contribution in [-0.4, -0.2) is 18.0 Å². The SMILES string of the molecule is COc1ccccc1[C@H](C)NC(=O)c1cc2cccc(C)c2nc1Cl. The number of fused-ring (bicyclic) bond motifs is 1. The lowest BCUT2D eigenvalue weighted by Crippen LogP contribution is -2.27. The van der Waals surface area contributed by atoms with Gasteiger partial charge in [0.2, 0.25) is 0 Å². The molecular weight excluding hydrogens is 336 g/mol. The number of amides is 1. The Hall–Kier alpha value is -2.59. The van der Waals surface area contributed by atoms with E-state index in [4.69, 9.17) is 16.3 Å². The molecule has 5 heteroatoms. The number of aryl methyl sites for hydroxylation is 1. The quantitative estimate of drug-likeness (QED) is 0.691. The summed E-state index contributed by atoms with van der Waals surface area (Å²) in [5, 5.41) is 4.05. The first-order valence-electron chi connectivity index (χ1n) is 8.01. The monoisotopic (exact) mass is 354 g/mol. The number of carbonyl (C=O) groups is 1. The number of benzene rings is 2. The minimum atomic E-state index is -0.265. The van der Waals surface area contributed by atoms with Crippen LogP contribution in [-0.2, 0) is 0 Å². The van der Waals surface area contributed by atoms with E-state index >= 15 is 0 Å². The number of nitrogens with one attached hydrogen (secondary N) is 1. The number of ether oxygens (including phenoxy) is 1. The highest BCUT2D eigenvalue weighted by Crippen LogP contribution is 2.26. The number of halogens is 1. The maximum Gasteiger partial charge on any atom is 0.254 e. The third-order valence-electron chi connectivity index (χ3n) is 4.20. The van der Waals surface area contributed by atoms with Crippen molar-refractivity contribution in [1.29, 1.82) is 0 Å². The van der Waals surface area contributed by atoms with Crippen LogP contribution in [0, 0.1) is 6.92 Å². The van der Waals surface area contributed by atoms with E-state index in [2.05, 4.69) is 10.3 Å². The number of hydrogen-bond acceptors (Lipinski definition) is 3. The summed E-state index contributed by atoms with van der Waals surface area (Å²) < 4.78 is 5.36. The number of pyridine rings is 1. The molecule has 1 amide bonds. The van der Waals surface area contributed by atoms with E-state index in [0.717, 1.165) is 27.8 Å². The molecule has 1 heterocycles. The van der Waals surface area contributed by atoms with E-state index in [1.54, 1.807) is 13.2 Å². The van der Waals surface area contributed by atoms with E-state index in [1.165, 1.54) is 0 Å². The van der Waals surface area contributed by atoms with Crippen LogP contribution >= 0.6 is 11.6 Å². The molecule has 0 radical (unpaired) electrons. The van der Waals surface area contributed by atoms with E-state index < -0.39 is 0 Å². The van der Waals surface area contributed by atoms with Crippen LogP contribution < -0.4 is 10.1 Å². The van der Waals surface area contributed by atoms with Gasteiger partial charge in [0.05, 0.1) is 24.2 Å². The number of para-hydroxylation sites is 2. The summed E-state index contributed by atoms with van der Waals surface area (Å²) in [5.74, 6) is 0.466. The van der Waals surface area contributed by atoms with E-state index in [-0.39, 0.29) is 17.1 Å². The van der Waals surface area contributed by atoms with Crippen molar-refractivity contribution in [2.75, 3.05) is 7.11 Å². The largest absolute Gasteiger partial charge is 0.496 e. The van der Waals surface area contributed by atoms with Gasteiger partial charge in [0.1, 0.15) is 10.9 Å². The summed E-state index contributed by atoms with van der Waals surface area (Å²) in [6, 6.07) is 15.0. The Kier molecular flexibility index (Phi) is 4.91. The van der Waals surface area contributed by atoms with Gasteiger partial charge in [-0.25, -0.2) is 4.98 Å². The molecular formula is C20H19ClN2O2. The summed E-state index contributed by atoms with van der Waals surface area (Å²) >= 11 is 6.26. The van der Waals surface area contributed by atoms with Crippen molar-refractivity contribution >= 4 is 28.4 Å². The summed E-state index contributed by atoms with van der Waals surface area (Å²) in [6.45, 7) is 3.87. The van der Waals surface area contributed by atoms with Crippen LogP contribution in [0.1, 0.15) is 34.5 Å². The minimum Gasteiger partial charge on any atom is -0.496 e. The number of nitrogens with zero attached hydrogens (tertiary/aromatic N) is 1. The van der Waals surface area contributed by atoms with Crippen molar-refractivity contribution in [1.82, 2.24) is 10.3 Å². The Balaban J connectivity index is 1.91. The second-order valence-corrected chi connectivity index (χ2v) is 6.27. The average molecular weight is 355 g/mol. The summed E-state index contributed by atoms with van der Waals surface area (Å²) in [5.41, 5.74) is 3.09. The molecule has 25 heavy (non-hydrogen) atoms. The normalized spacial score (nSPS) is 12.0. The van der Waals surface area contributed by atoms with Crippen molar-refractivity contribution in [3.05, 3.63) is 70.4 Å². The van der Waals surface area contributed by atoms with E-state index in [0.29, 0.717) is 5.56 Å². The molecule has 0 unspecified atom stereocenters. The highest BCUT2D eigenvalue weighted by Gasteiger charge is 2.18. The Bertz CT molecular complexity index is 940. The number of carbonyl (C=O) groups excluding carboxylic acids is 1. The summed E-state index contributed by atoms with van der Waals surface area (Å²) in [7, 11) is 1.61. The second kappa shape index (κ2) is 7.11. The molecule has 2 aromatic carbocycles. The van der Waals surface area contributed by atoms with Crippen LogP contribution in [0.2, 0.25) is 5.15 Å². The van der Waals surface area contributed by atoms with Crippen molar-refractivity contribution in [2.24, 2.45) is 0 Å². The molecule has 0 aliphatic heterocycles. The summed E-state index contributed by atoms with van der Waals surface area (Å²) in [4.78, 5) is 17.1. The predicted octanol–water partition coefficient (Wildman–Crippen LogP) is 4.70. The molecule has 4 nitrogen and oxygen atoms in total. The molecule has 0 saturated carbocycles. The van der Waals surface area contributed by atoms with Gasteiger partial charge < -0.3 is 10.1 Å². The van der Waals surface area contributed by atoms with Crippen molar-refractivity contribution in [2.45, 2.75) is 19.9 Å². The number of aromatic nitrogens is 1. The van der Waals surface area contributed by atoms with E-state index in [1.807, 2.05) is 56.3 Å². The predicted molar refractivity (Wildman–Crippen MR) is 100 cm³/mol. The molecule has 3 rings (SSSR count). The van der Waals surface area contributed by atoms with Crippen LogP contribution in [0.5, 0.6) is 5.75 Å². The number of methoxy groups -OCH3 is 1. The van der Waals surface area contributed by atoms with Gasteiger partial charge in [-0.15, -0.1) is 0 Å². The Labute approximate surface area is 151 Å². The van der Waals surface area contributed by atoms with Gasteiger partial charge in [-0.2, -0.15) is 0 Å².